The Labute approximate surface area is 209 Å². The van der Waals surface area contributed by atoms with Crippen LogP contribution in [0.25, 0.3) is 0 Å². The molecule has 1 aliphatic rings. The van der Waals surface area contributed by atoms with Gasteiger partial charge in [0.15, 0.2) is 5.82 Å². The average molecular weight is 520 g/mol. The lowest BCUT2D eigenvalue weighted by atomic mass is 10.2. The summed E-state index contributed by atoms with van der Waals surface area (Å²) in [6, 6.07) is 12.2. The first-order chi connectivity index (χ1) is 16.8. The zero-order valence-electron chi connectivity index (χ0n) is 19.2. The molecule has 0 aliphatic carbocycles. The van der Waals surface area contributed by atoms with Crippen LogP contribution in [0.4, 0.5) is 28.8 Å². The van der Waals surface area contributed by atoms with Gasteiger partial charge < -0.3 is 24.8 Å². The number of methoxy groups -OCH3 is 1. The van der Waals surface area contributed by atoms with Gasteiger partial charge in [0.1, 0.15) is 23.1 Å². The van der Waals surface area contributed by atoms with Crippen LogP contribution in [0.5, 0.6) is 11.5 Å². The molecule has 0 bridgehead atoms. The Morgan fingerprint density at radius 3 is 2.66 bits per heavy atom. The number of hydrogen-bond donors (Lipinski definition) is 3. The molecule has 10 nitrogen and oxygen atoms in total. The summed E-state index contributed by atoms with van der Waals surface area (Å²) in [5, 5.41) is 6.43. The van der Waals surface area contributed by atoms with Gasteiger partial charge in [0, 0.05) is 12.7 Å². The highest BCUT2D eigenvalue weighted by Gasteiger charge is 2.17. The van der Waals surface area contributed by atoms with Crippen LogP contribution < -0.4 is 24.8 Å². The van der Waals surface area contributed by atoms with Crippen molar-refractivity contribution in [2.75, 3.05) is 41.9 Å². The molecular formula is C23H26ClN5O5S. The number of benzene rings is 2. The van der Waals surface area contributed by atoms with E-state index in [1.807, 2.05) is 6.07 Å². The van der Waals surface area contributed by atoms with Crippen molar-refractivity contribution < 1.29 is 22.6 Å². The van der Waals surface area contributed by atoms with Crippen molar-refractivity contribution in [1.82, 2.24) is 9.97 Å². The van der Waals surface area contributed by atoms with E-state index >= 15 is 0 Å². The fourth-order valence-electron chi connectivity index (χ4n) is 3.47. The minimum absolute atomic E-state index is 0.116. The van der Waals surface area contributed by atoms with Crippen LogP contribution in [0, 0.1) is 0 Å². The zero-order chi connectivity index (χ0) is 24.8. The minimum Gasteiger partial charge on any atom is -0.494 e. The Bertz CT molecular complexity index is 1290. The normalized spacial score (nSPS) is 15.5. The third kappa shape index (κ3) is 6.87. The number of halogens is 1. The van der Waals surface area contributed by atoms with Gasteiger partial charge in [0.2, 0.25) is 16.0 Å². The summed E-state index contributed by atoms with van der Waals surface area (Å²) < 4.78 is 42.8. The molecule has 2 aromatic carbocycles. The molecule has 1 aliphatic heterocycles. The Morgan fingerprint density at radius 2 is 1.94 bits per heavy atom. The Hall–Kier alpha value is -3.28. The van der Waals surface area contributed by atoms with Gasteiger partial charge in [-0.05, 0) is 37.1 Å². The van der Waals surface area contributed by atoms with Crippen LogP contribution in [0.2, 0.25) is 5.02 Å². The van der Waals surface area contributed by atoms with Crippen LogP contribution in [-0.4, -0.2) is 51.1 Å². The van der Waals surface area contributed by atoms with Crippen molar-refractivity contribution in [2.45, 2.75) is 18.9 Å². The molecule has 1 fully saturated rings. The van der Waals surface area contributed by atoms with Gasteiger partial charge >= 0.3 is 0 Å². The number of rotatable bonds is 10. The third-order valence-corrected chi connectivity index (χ3v) is 5.97. The summed E-state index contributed by atoms with van der Waals surface area (Å²) in [4.78, 5) is 8.68. The number of anilines is 5. The monoisotopic (exact) mass is 519 g/mol. The van der Waals surface area contributed by atoms with E-state index in [4.69, 9.17) is 25.8 Å². The lowest BCUT2D eigenvalue weighted by molar-refractivity contribution is 0.0679. The van der Waals surface area contributed by atoms with E-state index in [1.165, 1.54) is 6.20 Å². The fraction of sp³-hybridized carbons (Fsp3) is 0.304. The molecule has 12 heteroatoms. The van der Waals surface area contributed by atoms with Gasteiger partial charge in [-0.3, -0.25) is 4.72 Å². The number of nitrogens with one attached hydrogen (secondary N) is 3. The molecule has 0 amide bonds. The smallest absolute Gasteiger partial charge is 0.229 e. The van der Waals surface area contributed by atoms with Gasteiger partial charge in [-0.1, -0.05) is 23.7 Å². The molecule has 0 saturated carbocycles. The average Bonchev–Trinajstić information content (AvgIpc) is 3.34. The predicted molar refractivity (Wildman–Crippen MR) is 136 cm³/mol. The van der Waals surface area contributed by atoms with E-state index in [1.54, 1.807) is 43.5 Å². The molecule has 3 N–H and O–H groups in total. The van der Waals surface area contributed by atoms with Crippen molar-refractivity contribution in [3.63, 3.8) is 0 Å². The van der Waals surface area contributed by atoms with Gasteiger partial charge in [0.05, 0.1) is 42.7 Å². The summed E-state index contributed by atoms with van der Waals surface area (Å²) >= 11 is 6.30. The van der Waals surface area contributed by atoms with Crippen molar-refractivity contribution in [1.29, 1.82) is 0 Å². The molecule has 3 aromatic rings. The number of para-hydroxylation sites is 2. The van der Waals surface area contributed by atoms with Crippen molar-refractivity contribution in [2.24, 2.45) is 0 Å². The van der Waals surface area contributed by atoms with Crippen LogP contribution >= 0.6 is 11.6 Å². The van der Waals surface area contributed by atoms with E-state index in [2.05, 4.69) is 25.3 Å². The summed E-state index contributed by atoms with van der Waals surface area (Å²) in [5.41, 5.74) is 1.47. The van der Waals surface area contributed by atoms with Crippen LogP contribution in [0.15, 0.2) is 48.7 Å². The fourth-order valence-corrected chi connectivity index (χ4v) is 4.19. The molecule has 186 valence electrons. The molecule has 1 aromatic heterocycles. The molecule has 0 radical (unpaired) electrons. The lowest BCUT2D eigenvalue weighted by Crippen LogP contribution is -2.16. The second-order valence-electron chi connectivity index (χ2n) is 7.87. The van der Waals surface area contributed by atoms with Crippen molar-refractivity contribution in [3.8, 4) is 11.5 Å². The Kier molecular flexibility index (Phi) is 7.79. The molecule has 0 spiro atoms. The number of ether oxygens (including phenoxy) is 3. The quantitative estimate of drug-likeness (QED) is 0.353. The first kappa shape index (κ1) is 24.8. The van der Waals surface area contributed by atoms with E-state index < -0.39 is 10.0 Å². The van der Waals surface area contributed by atoms with Gasteiger partial charge in [-0.15, -0.1) is 0 Å². The maximum Gasteiger partial charge on any atom is 0.229 e. The highest BCUT2D eigenvalue weighted by atomic mass is 35.5. The van der Waals surface area contributed by atoms with E-state index in [9.17, 15) is 8.42 Å². The number of aromatic nitrogens is 2. The summed E-state index contributed by atoms with van der Waals surface area (Å²) in [6.45, 7) is 1.26. The summed E-state index contributed by atoms with van der Waals surface area (Å²) in [5.74, 6) is 1.77. The minimum atomic E-state index is -3.47. The maximum atomic E-state index is 11.7. The molecule has 1 unspecified atom stereocenters. The predicted octanol–water partition coefficient (Wildman–Crippen LogP) is 4.56. The largest absolute Gasteiger partial charge is 0.494 e. The summed E-state index contributed by atoms with van der Waals surface area (Å²) in [6.07, 6.45) is 4.69. The van der Waals surface area contributed by atoms with Gasteiger partial charge in [-0.25, -0.2) is 13.4 Å². The highest BCUT2D eigenvalue weighted by molar-refractivity contribution is 7.92. The number of sulfonamides is 1. The van der Waals surface area contributed by atoms with Gasteiger partial charge in [0.25, 0.3) is 0 Å². The second kappa shape index (κ2) is 11.0. The maximum absolute atomic E-state index is 11.7. The molecular weight excluding hydrogens is 494 g/mol. The zero-order valence-corrected chi connectivity index (χ0v) is 20.8. The molecule has 35 heavy (non-hydrogen) atoms. The molecule has 1 atom stereocenters. The molecule has 1 saturated heterocycles. The van der Waals surface area contributed by atoms with E-state index in [0.29, 0.717) is 41.0 Å². The van der Waals surface area contributed by atoms with Gasteiger partial charge in [-0.2, -0.15) is 4.98 Å². The van der Waals surface area contributed by atoms with Crippen LogP contribution in [-0.2, 0) is 14.8 Å². The van der Waals surface area contributed by atoms with Crippen molar-refractivity contribution >= 4 is 50.5 Å². The first-order valence-electron chi connectivity index (χ1n) is 10.9. The van der Waals surface area contributed by atoms with E-state index in [-0.39, 0.29) is 17.1 Å². The number of hydrogen-bond acceptors (Lipinski definition) is 9. The summed E-state index contributed by atoms with van der Waals surface area (Å²) in [7, 11) is -1.91. The van der Waals surface area contributed by atoms with Crippen molar-refractivity contribution in [3.05, 3.63) is 53.7 Å². The third-order valence-electron chi connectivity index (χ3n) is 5.10. The molecule has 4 rings (SSSR count). The Balaban J connectivity index is 1.50. The van der Waals surface area contributed by atoms with Crippen LogP contribution in [0.1, 0.15) is 12.8 Å². The van der Waals surface area contributed by atoms with Crippen LogP contribution in [0.3, 0.4) is 0 Å². The lowest BCUT2D eigenvalue weighted by Gasteiger charge is -2.16. The Morgan fingerprint density at radius 1 is 1.14 bits per heavy atom. The standard InChI is InChI=1S/C23H26ClN5O5S/c1-32-21-12-15(34-14-16-6-5-11-33-16)9-10-20(21)27-23-25-13-17(24)22(28-23)26-18-7-3-4-8-19(18)29-35(2,30)31/h3-4,7-10,12-13,16,29H,5-6,11,14H2,1-2H3,(H2,25,26,27,28). The second-order valence-corrected chi connectivity index (χ2v) is 10.0. The first-order valence-corrected chi connectivity index (χ1v) is 13.1. The SMILES string of the molecule is COc1cc(OCC2CCCO2)ccc1Nc1ncc(Cl)c(Nc2ccccc2NS(C)(=O)=O)n1. The number of nitrogens with zero attached hydrogens (tertiary/aromatic N) is 2. The highest BCUT2D eigenvalue weighted by Crippen LogP contribution is 2.33. The molecule has 2 heterocycles. The van der Waals surface area contributed by atoms with E-state index in [0.717, 1.165) is 25.7 Å². The topological polar surface area (TPSA) is 124 Å².